The number of esters is 1. The lowest BCUT2D eigenvalue weighted by molar-refractivity contribution is -0.139. The summed E-state index contributed by atoms with van der Waals surface area (Å²) in [5.41, 5.74) is 0.847. The molecule has 1 aromatic carbocycles. The summed E-state index contributed by atoms with van der Waals surface area (Å²) < 4.78 is 10.2. The van der Waals surface area contributed by atoms with E-state index in [1.807, 2.05) is 19.1 Å². The molecule has 2 N–H and O–H groups in total. The van der Waals surface area contributed by atoms with Gasteiger partial charge in [0.15, 0.2) is 0 Å². The number of allylic oxidation sites excluding steroid dienone is 4. The lowest BCUT2D eigenvalue weighted by atomic mass is 10.1. The minimum absolute atomic E-state index is 0.173. The average molecular weight is 384 g/mol. The number of methoxy groups -OCH3 is 1. The minimum Gasteiger partial charge on any atom is -0.512 e. The number of benzene rings is 1. The molecule has 150 valence electrons. The molecule has 0 heterocycles. The summed E-state index contributed by atoms with van der Waals surface area (Å²) in [4.78, 5) is 11.2. The summed E-state index contributed by atoms with van der Waals surface area (Å²) >= 11 is 0. The number of aliphatic hydroxyl groups is 2. The highest BCUT2D eigenvalue weighted by Crippen LogP contribution is 2.13. The number of hydrogen-bond donors (Lipinski definition) is 2. The molecule has 0 saturated carbocycles. The van der Waals surface area contributed by atoms with Crippen LogP contribution in [0.25, 0.3) is 0 Å². The quantitative estimate of drug-likeness (QED) is 0.210. The Morgan fingerprint density at radius 1 is 1.25 bits per heavy atom. The van der Waals surface area contributed by atoms with Crippen molar-refractivity contribution >= 4 is 5.97 Å². The van der Waals surface area contributed by atoms with E-state index in [1.54, 1.807) is 42.5 Å². The van der Waals surface area contributed by atoms with Gasteiger partial charge in [-0.1, -0.05) is 49.1 Å². The number of aliphatic hydroxyl groups excluding tert-OH is 2. The van der Waals surface area contributed by atoms with E-state index in [9.17, 15) is 15.0 Å². The normalized spacial score (nSPS) is 12.6. The number of carbonyl (C=O) groups is 1. The van der Waals surface area contributed by atoms with Crippen LogP contribution in [-0.2, 0) is 16.0 Å². The van der Waals surface area contributed by atoms with Crippen LogP contribution in [0.1, 0.15) is 31.7 Å². The molecule has 0 saturated heterocycles. The first-order valence-corrected chi connectivity index (χ1v) is 9.22. The highest BCUT2D eigenvalue weighted by Gasteiger charge is 2.03. The van der Waals surface area contributed by atoms with Gasteiger partial charge in [0.25, 0.3) is 0 Å². The molecule has 0 fully saturated rings. The van der Waals surface area contributed by atoms with Crippen LogP contribution >= 0.6 is 0 Å². The van der Waals surface area contributed by atoms with Gasteiger partial charge in [-0.3, -0.25) is 4.79 Å². The van der Waals surface area contributed by atoms with Crippen molar-refractivity contribution in [2.24, 2.45) is 0 Å². The highest BCUT2D eigenvalue weighted by atomic mass is 16.5. The highest BCUT2D eigenvalue weighted by molar-refractivity contribution is 5.72. The number of ether oxygens (including phenoxy) is 2. The predicted octanol–water partition coefficient (Wildman–Crippen LogP) is 3.89. The van der Waals surface area contributed by atoms with E-state index in [0.717, 1.165) is 12.0 Å². The second-order valence-corrected chi connectivity index (χ2v) is 5.93. The summed E-state index contributed by atoms with van der Waals surface area (Å²) in [6, 6.07) is 7.15. The Labute approximate surface area is 167 Å². The van der Waals surface area contributed by atoms with Gasteiger partial charge in [0.05, 0.1) is 25.9 Å². The van der Waals surface area contributed by atoms with Crippen LogP contribution in [-0.4, -0.2) is 36.0 Å². The summed E-state index contributed by atoms with van der Waals surface area (Å²) in [6.07, 6.45) is 9.97. The smallest absolute Gasteiger partial charge is 0.309 e. The molecule has 0 amide bonds. The fourth-order valence-electron chi connectivity index (χ4n) is 2.10. The lowest BCUT2D eigenvalue weighted by Crippen LogP contribution is -2.04. The summed E-state index contributed by atoms with van der Waals surface area (Å²) in [7, 11) is 1.36. The molecule has 0 bridgehead atoms. The third-order valence-corrected chi connectivity index (χ3v) is 3.61. The van der Waals surface area contributed by atoms with Gasteiger partial charge in [-0.25, -0.2) is 0 Å². The molecule has 28 heavy (non-hydrogen) atoms. The number of hydrogen-bond acceptors (Lipinski definition) is 5. The first-order chi connectivity index (χ1) is 13.5. The van der Waals surface area contributed by atoms with Crippen LogP contribution in [0.15, 0.2) is 60.4 Å². The van der Waals surface area contributed by atoms with Gasteiger partial charge in [-0.2, -0.15) is 0 Å². The average Bonchev–Trinajstić information content (AvgIpc) is 2.69. The summed E-state index contributed by atoms with van der Waals surface area (Å²) in [5, 5.41) is 19.4. The first-order valence-electron chi connectivity index (χ1n) is 9.22. The Balaban J connectivity index is 2.33. The fourth-order valence-corrected chi connectivity index (χ4v) is 2.10. The molecule has 0 aliphatic heterocycles. The maximum Gasteiger partial charge on any atom is 0.309 e. The molecule has 0 aromatic heterocycles. The predicted molar refractivity (Wildman–Crippen MR) is 110 cm³/mol. The van der Waals surface area contributed by atoms with Crippen LogP contribution in [0.4, 0.5) is 0 Å². The second-order valence-electron chi connectivity index (χ2n) is 5.93. The second kappa shape index (κ2) is 14.1. The Morgan fingerprint density at radius 3 is 2.68 bits per heavy atom. The molecular weight excluding hydrogens is 356 g/mol. The number of carbonyl (C=O) groups excluding carboxylic acids is 1. The largest absolute Gasteiger partial charge is 0.512 e. The van der Waals surface area contributed by atoms with Crippen molar-refractivity contribution in [3.8, 4) is 17.6 Å². The molecule has 0 radical (unpaired) electrons. The van der Waals surface area contributed by atoms with Crippen molar-refractivity contribution in [1.82, 2.24) is 0 Å². The summed E-state index contributed by atoms with van der Waals surface area (Å²) in [6.45, 7) is 2.35. The molecule has 1 atom stereocenters. The molecule has 0 spiro atoms. The van der Waals surface area contributed by atoms with E-state index >= 15 is 0 Å². The Hall–Kier alpha value is -2.97. The standard InChI is InChI=1S/C23H28O5/c1-3-4-6-9-20(24)10-7-5-8-11-21(25)16-17-28-22-14-12-19(13-15-22)18-23(26)27-2/h4-6,8,11-15,20,24-25H,3,9,16-18H2,1-2H3/b6-4-,8-5-,21-11?/t20-/m0/s1. The van der Waals surface area contributed by atoms with Gasteiger partial charge in [-0.05, 0) is 36.3 Å². The van der Waals surface area contributed by atoms with Gasteiger partial charge >= 0.3 is 5.97 Å². The first kappa shape index (κ1) is 23.1. The van der Waals surface area contributed by atoms with Crippen LogP contribution in [0.2, 0.25) is 0 Å². The molecule has 5 nitrogen and oxygen atoms in total. The molecule has 1 aromatic rings. The van der Waals surface area contributed by atoms with Gasteiger partial charge in [-0.15, -0.1) is 0 Å². The topological polar surface area (TPSA) is 76.0 Å². The van der Waals surface area contributed by atoms with Crippen molar-refractivity contribution in [3.63, 3.8) is 0 Å². The monoisotopic (exact) mass is 384 g/mol. The molecule has 5 heteroatoms. The van der Waals surface area contributed by atoms with E-state index < -0.39 is 6.10 Å². The van der Waals surface area contributed by atoms with Crippen molar-refractivity contribution in [2.75, 3.05) is 13.7 Å². The van der Waals surface area contributed by atoms with Crippen molar-refractivity contribution < 1.29 is 24.5 Å². The Bertz CT molecular complexity index is 732. The summed E-state index contributed by atoms with van der Waals surface area (Å²) in [5.74, 6) is 5.99. The van der Waals surface area contributed by atoms with Crippen LogP contribution in [0, 0.1) is 11.8 Å². The van der Waals surface area contributed by atoms with Crippen LogP contribution in [0.5, 0.6) is 5.75 Å². The maximum absolute atomic E-state index is 11.2. The third kappa shape index (κ3) is 10.9. The van der Waals surface area contributed by atoms with E-state index in [-0.39, 0.29) is 18.1 Å². The zero-order chi connectivity index (χ0) is 20.6. The Morgan fingerprint density at radius 2 is 2.00 bits per heavy atom. The lowest BCUT2D eigenvalue weighted by Gasteiger charge is -2.06. The van der Waals surface area contributed by atoms with E-state index in [4.69, 9.17) is 4.74 Å². The van der Waals surface area contributed by atoms with Gasteiger partial charge < -0.3 is 19.7 Å². The van der Waals surface area contributed by atoms with Crippen LogP contribution in [0.3, 0.4) is 0 Å². The molecule has 1 rings (SSSR count). The third-order valence-electron chi connectivity index (χ3n) is 3.61. The molecular formula is C23H28O5. The maximum atomic E-state index is 11.2. The van der Waals surface area contributed by atoms with E-state index in [0.29, 0.717) is 25.2 Å². The van der Waals surface area contributed by atoms with E-state index in [1.165, 1.54) is 7.11 Å². The van der Waals surface area contributed by atoms with Gasteiger partial charge in [0.2, 0.25) is 0 Å². The number of rotatable bonds is 10. The van der Waals surface area contributed by atoms with Gasteiger partial charge in [0, 0.05) is 12.8 Å². The van der Waals surface area contributed by atoms with Crippen molar-refractivity contribution in [1.29, 1.82) is 0 Å². The SMILES string of the molecule is CC/C=C\C[C@H](O)C#C/C=C\C=C(O)CCOc1ccc(CC(=O)OC)cc1. The molecule has 0 aliphatic carbocycles. The van der Waals surface area contributed by atoms with Gasteiger partial charge in [0.1, 0.15) is 11.9 Å². The van der Waals surface area contributed by atoms with Crippen LogP contribution < -0.4 is 4.74 Å². The minimum atomic E-state index is -0.683. The van der Waals surface area contributed by atoms with E-state index in [2.05, 4.69) is 16.6 Å². The zero-order valence-corrected chi connectivity index (χ0v) is 16.4. The fraction of sp³-hybridized carbons (Fsp3) is 0.348. The van der Waals surface area contributed by atoms with Crippen molar-refractivity contribution in [3.05, 3.63) is 66.0 Å². The van der Waals surface area contributed by atoms with Crippen molar-refractivity contribution in [2.45, 2.75) is 38.7 Å². The molecule has 0 unspecified atom stereocenters. The zero-order valence-electron chi connectivity index (χ0n) is 16.4. The Kier molecular flexibility index (Phi) is 11.6. The molecule has 0 aliphatic rings.